The average molecular weight is 412 g/mol. The van der Waals surface area contributed by atoms with Gasteiger partial charge in [-0.1, -0.05) is 73.7 Å². The first-order valence-corrected chi connectivity index (χ1v) is 9.95. The lowest BCUT2D eigenvalue weighted by molar-refractivity contribution is -0.135. The minimum Gasteiger partial charge on any atom is -0.292 e. The van der Waals surface area contributed by atoms with Gasteiger partial charge in [0.2, 0.25) is 0 Å². The number of ketones is 1. The maximum atomic E-state index is 13.7. The lowest BCUT2D eigenvalue weighted by Gasteiger charge is -2.25. The van der Waals surface area contributed by atoms with Crippen LogP contribution >= 0.6 is 0 Å². The van der Waals surface area contributed by atoms with Crippen LogP contribution in [-0.2, 0) is 9.59 Å². The third kappa shape index (κ3) is 3.13. The number of hydrazine groups is 1. The smallest absolute Gasteiger partial charge is 0.280 e. The molecule has 3 amide bonds. The fraction of sp³-hybridized carbons (Fsp3) is 0.120. The number of rotatable bonds is 5. The van der Waals surface area contributed by atoms with Gasteiger partial charge in [-0.15, -0.1) is 0 Å². The minimum atomic E-state index is -2.01. The van der Waals surface area contributed by atoms with Crippen molar-refractivity contribution >= 4 is 29.2 Å². The molecular formula is C25H20N2O4. The van der Waals surface area contributed by atoms with Crippen molar-refractivity contribution in [2.75, 3.05) is 5.01 Å². The zero-order chi connectivity index (χ0) is 22.0. The second-order valence-corrected chi connectivity index (χ2v) is 7.19. The van der Waals surface area contributed by atoms with Gasteiger partial charge >= 0.3 is 0 Å². The van der Waals surface area contributed by atoms with Gasteiger partial charge in [0.1, 0.15) is 0 Å². The van der Waals surface area contributed by atoms with Crippen LogP contribution in [-0.4, -0.2) is 28.5 Å². The summed E-state index contributed by atoms with van der Waals surface area (Å²) in [6.07, 6.45) is -0.0691. The van der Waals surface area contributed by atoms with E-state index in [0.717, 1.165) is 10.0 Å². The molecule has 0 saturated carbocycles. The number of imide groups is 1. The third-order valence-electron chi connectivity index (χ3n) is 5.48. The summed E-state index contributed by atoms with van der Waals surface area (Å²) in [5.74, 6) is -2.86. The van der Waals surface area contributed by atoms with Gasteiger partial charge in [0.05, 0.1) is 5.69 Å². The molecule has 6 heteroatoms. The normalized spacial score (nSPS) is 18.4. The fourth-order valence-electron chi connectivity index (χ4n) is 3.82. The van der Waals surface area contributed by atoms with Crippen LogP contribution < -0.4 is 5.01 Å². The molecule has 0 aliphatic carbocycles. The summed E-state index contributed by atoms with van der Waals surface area (Å²) in [6, 6.07) is 24.8. The van der Waals surface area contributed by atoms with Crippen LogP contribution in [0.2, 0.25) is 0 Å². The van der Waals surface area contributed by atoms with Crippen LogP contribution in [0.4, 0.5) is 5.69 Å². The molecule has 4 rings (SSSR count). The van der Waals surface area contributed by atoms with Crippen molar-refractivity contribution in [3.05, 3.63) is 102 Å². The van der Waals surface area contributed by atoms with Gasteiger partial charge in [-0.3, -0.25) is 19.2 Å². The molecule has 1 atom stereocenters. The van der Waals surface area contributed by atoms with Crippen LogP contribution in [0.3, 0.4) is 0 Å². The first-order chi connectivity index (χ1) is 15.0. The Balaban J connectivity index is 1.89. The molecule has 31 heavy (non-hydrogen) atoms. The number of anilines is 1. The predicted octanol–water partition coefficient (Wildman–Crippen LogP) is 3.90. The number of amides is 3. The van der Waals surface area contributed by atoms with E-state index < -0.39 is 28.9 Å². The van der Waals surface area contributed by atoms with Crippen LogP contribution in [0.15, 0.2) is 91.0 Å². The van der Waals surface area contributed by atoms with Gasteiger partial charge in [0, 0.05) is 11.1 Å². The van der Waals surface area contributed by atoms with Crippen LogP contribution in [0.25, 0.3) is 0 Å². The van der Waals surface area contributed by atoms with E-state index in [2.05, 4.69) is 0 Å². The Kier molecular flexibility index (Phi) is 5.21. The number of benzene rings is 3. The highest BCUT2D eigenvalue weighted by molar-refractivity contribution is 6.37. The first-order valence-electron chi connectivity index (χ1n) is 9.95. The van der Waals surface area contributed by atoms with E-state index in [0.29, 0.717) is 5.69 Å². The second-order valence-electron chi connectivity index (χ2n) is 7.19. The lowest BCUT2D eigenvalue weighted by atomic mass is 9.77. The molecule has 1 fully saturated rings. The molecule has 1 saturated heterocycles. The van der Waals surface area contributed by atoms with Crippen molar-refractivity contribution in [2.24, 2.45) is 5.41 Å². The van der Waals surface area contributed by atoms with Crippen molar-refractivity contribution in [1.82, 2.24) is 5.01 Å². The van der Waals surface area contributed by atoms with Crippen LogP contribution in [0, 0.1) is 5.41 Å². The average Bonchev–Trinajstić information content (AvgIpc) is 3.06. The first kappa shape index (κ1) is 20.2. The van der Waals surface area contributed by atoms with E-state index in [4.69, 9.17) is 0 Å². The Hall–Kier alpha value is -4.06. The Bertz CT molecular complexity index is 1150. The Morgan fingerprint density at radius 3 is 1.71 bits per heavy atom. The van der Waals surface area contributed by atoms with Crippen molar-refractivity contribution in [1.29, 1.82) is 0 Å². The molecule has 6 nitrogen and oxygen atoms in total. The van der Waals surface area contributed by atoms with E-state index in [1.165, 1.54) is 0 Å². The zero-order valence-electron chi connectivity index (χ0n) is 16.9. The van der Waals surface area contributed by atoms with Crippen molar-refractivity contribution in [2.45, 2.75) is 13.3 Å². The SMILES string of the molecule is CCC1(C(=O)c2ccccc2)C(=O)N(C(=O)c2ccccc2)N(c2ccccc2)C1=O. The summed E-state index contributed by atoms with van der Waals surface area (Å²) in [5, 5.41) is 1.83. The van der Waals surface area contributed by atoms with Gasteiger partial charge in [-0.05, 0) is 30.7 Å². The summed E-state index contributed by atoms with van der Waals surface area (Å²) in [5.41, 5.74) is -1.19. The molecular weight excluding hydrogens is 392 g/mol. The molecule has 1 aliphatic heterocycles. The maximum Gasteiger partial charge on any atom is 0.280 e. The van der Waals surface area contributed by atoms with E-state index in [9.17, 15) is 19.2 Å². The van der Waals surface area contributed by atoms with E-state index in [1.807, 2.05) is 0 Å². The maximum absolute atomic E-state index is 13.7. The quantitative estimate of drug-likeness (QED) is 0.362. The van der Waals surface area contributed by atoms with Crippen molar-refractivity contribution in [3.63, 3.8) is 0 Å². The van der Waals surface area contributed by atoms with Gasteiger partial charge in [0.15, 0.2) is 11.2 Å². The summed E-state index contributed by atoms with van der Waals surface area (Å²) in [4.78, 5) is 54.3. The zero-order valence-corrected chi connectivity index (χ0v) is 16.9. The predicted molar refractivity (Wildman–Crippen MR) is 115 cm³/mol. The van der Waals surface area contributed by atoms with Gasteiger partial charge in [-0.25, -0.2) is 5.01 Å². The summed E-state index contributed by atoms with van der Waals surface area (Å²) in [6.45, 7) is 1.61. The molecule has 3 aromatic rings. The molecule has 1 heterocycles. The number of hydrogen-bond donors (Lipinski definition) is 0. The number of carbonyl (C=O) groups excluding carboxylic acids is 4. The second kappa shape index (κ2) is 7.99. The highest BCUT2D eigenvalue weighted by Gasteiger charge is 2.64. The topological polar surface area (TPSA) is 74.8 Å². The van der Waals surface area contributed by atoms with Crippen LogP contribution in [0.1, 0.15) is 34.1 Å². The molecule has 0 bridgehead atoms. The molecule has 0 spiro atoms. The van der Waals surface area contributed by atoms with Gasteiger partial charge in [0.25, 0.3) is 17.7 Å². The molecule has 1 aliphatic rings. The van der Waals surface area contributed by atoms with Gasteiger partial charge < -0.3 is 0 Å². The largest absolute Gasteiger partial charge is 0.292 e. The van der Waals surface area contributed by atoms with Crippen LogP contribution in [0.5, 0.6) is 0 Å². The summed E-state index contributed by atoms with van der Waals surface area (Å²) < 4.78 is 0. The van der Waals surface area contributed by atoms with Crippen molar-refractivity contribution in [3.8, 4) is 0 Å². The van der Waals surface area contributed by atoms with E-state index in [1.54, 1.807) is 97.9 Å². The summed E-state index contributed by atoms with van der Waals surface area (Å²) in [7, 11) is 0. The Labute approximate surface area is 179 Å². The summed E-state index contributed by atoms with van der Waals surface area (Å²) >= 11 is 0. The number of para-hydroxylation sites is 1. The van der Waals surface area contributed by atoms with Gasteiger partial charge in [-0.2, -0.15) is 5.01 Å². The number of carbonyl (C=O) groups is 4. The fourth-order valence-corrected chi connectivity index (χ4v) is 3.82. The number of nitrogens with zero attached hydrogens (tertiary/aromatic N) is 2. The highest BCUT2D eigenvalue weighted by Crippen LogP contribution is 2.41. The van der Waals surface area contributed by atoms with E-state index in [-0.39, 0.29) is 17.5 Å². The lowest BCUT2D eigenvalue weighted by Crippen LogP contribution is -2.45. The number of hydrogen-bond acceptors (Lipinski definition) is 4. The molecule has 1 unspecified atom stereocenters. The Morgan fingerprint density at radius 1 is 0.710 bits per heavy atom. The molecule has 154 valence electrons. The highest BCUT2D eigenvalue weighted by atomic mass is 16.2. The Morgan fingerprint density at radius 2 is 1.19 bits per heavy atom. The monoisotopic (exact) mass is 412 g/mol. The standard InChI is InChI=1S/C25H20N2O4/c1-2-25(21(28)18-12-6-3-7-13-18)23(30)26(20-16-10-5-11-17-20)27(24(25)31)22(29)19-14-8-4-9-15-19/h3-17H,2H2,1H3. The molecule has 0 N–H and O–H groups in total. The van der Waals surface area contributed by atoms with Crippen molar-refractivity contribution < 1.29 is 19.2 Å². The minimum absolute atomic E-state index is 0.0691. The van der Waals surface area contributed by atoms with E-state index >= 15 is 0 Å². The number of Topliss-reactive ketones (excluding diaryl/α,β-unsaturated/α-hetero) is 1. The molecule has 0 aromatic heterocycles. The molecule has 0 radical (unpaired) electrons. The third-order valence-corrected chi connectivity index (χ3v) is 5.48. The molecule has 3 aromatic carbocycles.